The zero-order valence-corrected chi connectivity index (χ0v) is 36.7. The van der Waals surface area contributed by atoms with Crippen molar-refractivity contribution < 1.29 is 0 Å². The van der Waals surface area contributed by atoms with Crippen molar-refractivity contribution in [2.45, 2.75) is 71.1 Å². The molecule has 0 aliphatic heterocycles. The van der Waals surface area contributed by atoms with Crippen LogP contribution in [0, 0.1) is 12.3 Å². The Morgan fingerprint density at radius 1 is 0.508 bits per heavy atom. The number of para-hydroxylation sites is 4. The van der Waals surface area contributed by atoms with E-state index in [1.165, 1.54) is 117 Å². The fourth-order valence-electron chi connectivity index (χ4n) is 10.0. The van der Waals surface area contributed by atoms with Crippen LogP contribution < -0.4 is 0 Å². The SMILES string of the molecule is C#CCc1c(-c2ccccc2CCCCCC(CC)c2ccccc2-c2csc(-n3c4ccccc4c4ccccc43)c2CC)csc1-n1c2ccccc2c2ccccc21. The van der Waals surface area contributed by atoms with E-state index in [4.69, 9.17) is 6.42 Å². The first-order chi connectivity index (χ1) is 30.2. The minimum atomic E-state index is 0.515. The van der Waals surface area contributed by atoms with Gasteiger partial charge in [-0.05, 0) is 101 Å². The molecule has 1 atom stereocenters. The Morgan fingerprint density at radius 3 is 1.52 bits per heavy atom. The fourth-order valence-corrected chi connectivity index (χ4v) is 12.4. The number of aromatic nitrogens is 2. The summed E-state index contributed by atoms with van der Waals surface area (Å²) < 4.78 is 4.94. The second-order valence-corrected chi connectivity index (χ2v) is 18.0. The lowest BCUT2D eigenvalue weighted by Gasteiger charge is -2.20. The Kier molecular flexibility index (Phi) is 10.9. The molecule has 0 radical (unpaired) electrons. The Balaban J connectivity index is 0.878. The van der Waals surface area contributed by atoms with Gasteiger partial charge in [0.25, 0.3) is 0 Å². The van der Waals surface area contributed by atoms with Gasteiger partial charge in [-0.1, -0.05) is 148 Å². The summed E-state index contributed by atoms with van der Waals surface area (Å²) in [6.07, 6.45) is 14.6. The number of thiophene rings is 2. The van der Waals surface area contributed by atoms with Crippen molar-refractivity contribution in [2.75, 3.05) is 0 Å². The molecular formula is C57H50N2S2. The summed E-state index contributed by atoms with van der Waals surface area (Å²) in [7, 11) is 0. The molecule has 2 nitrogen and oxygen atoms in total. The maximum absolute atomic E-state index is 6.10. The molecule has 0 saturated carbocycles. The highest BCUT2D eigenvalue weighted by atomic mass is 32.1. The van der Waals surface area contributed by atoms with Gasteiger partial charge in [-0.25, -0.2) is 0 Å². The third kappa shape index (κ3) is 6.91. The van der Waals surface area contributed by atoms with Gasteiger partial charge in [0.05, 0.1) is 22.1 Å². The molecule has 0 bridgehead atoms. The minimum absolute atomic E-state index is 0.515. The number of benzene rings is 6. The molecule has 4 heterocycles. The number of unbranched alkanes of at least 4 members (excludes halogenated alkanes) is 2. The van der Waals surface area contributed by atoms with Crippen LogP contribution in [0.5, 0.6) is 0 Å². The van der Waals surface area contributed by atoms with Crippen LogP contribution in [0.1, 0.15) is 74.1 Å². The lowest BCUT2D eigenvalue weighted by molar-refractivity contribution is 0.546. The summed E-state index contributed by atoms with van der Waals surface area (Å²) in [5, 5.41) is 12.5. The molecule has 10 rings (SSSR count). The Hall–Kier alpha value is -6.12. The van der Waals surface area contributed by atoms with Crippen LogP contribution in [0.3, 0.4) is 0 Å². The molecule has 6 aromatic carbocycles. The predicted octanol–water partition coefficient (Wildman–Crippen LogP) is 16.4. The van der Waals surface area contributed by atoms with Crippen molar-refractivity contribution in [2.24, 2.45) is 0 Å². The quantitative estimate of drug-likeness (QED) is 0.0763. The second kappa shape index (κ2) is 17.1. The number of terminal acetylenes is 1. The third-order valence-corrected chi connectivity index (χ3v) is 14.9. The topological polar surface area (TPSA) is 9.86 Å². The molecular weight excluding hydrogens is 777 g/mol. The Morgan fingerprint density at radius 2 is 0.984 bits per heavy atom. The van der Waals surface area contributed by atoms with E-state index in [0.29, 0.717) is 12.3 Å². The molecule has 61 heavy (non-hydrogen) atoms. The second-order valence-electron chi connectivity index (χ2n) is 16.3. The summed E-state index contributed by atoms with van der Waals surface area (Å²) >= 11 is 3.70. The van der Waals surface area contributed by atoms with Crippen molar-refractivity contribution >= 4 is 66.3 Å². The number of rotatable bonds is 14. The molecule has 4 aromatic heterocycles. The van der Waals surface area contributed by atoms with Crippen LogP contribution in [-0.2, 0) is 19.3 Å². The lowest BCUT2D eigenvalue weighted by atomic mass is 9.85. The molecule has 1 unspecified atom stereocenters. The largest absolute Gasteiger partial charge is 0.300 e. The van der Waals surface area contributed by atoms with Gasteiger partial charge in [0.1, 0.15) is 10.0 Å². The van der Waals surface area contributed by atoms with Crippen LogP contribution in [0.2, 0.25) is 0 Å². The first-order valence-electron chi connectivity index (χ1n) is 22.0. The van der Waals surface area contributed by atoms with Gasteiger partial charge < -0.3 is 9.13 Å². The van der Waals surface area contributed by atoms with Crippen LogP contribution >= 0.6 is 22.7 Å². The summed E-state index contributed by atoms with van der Waals surface area (Å²) in [5.41, 5.74) is 16.0. The molecule has 4 heteroatoms. The average molecular weight is 827 g/mol. The summed E-state index contributed by atoms with van der Waals surface area (Å²) in [6.45, 7) is 4.69. The van der Waals surface area contributed by atoms with Crippen molar-refractivity contribution in [3.63, 3.8) is 0 Å². The van der Waals surface area contributed by atoms with Gasteiger partial charge in [-0.3, -0.25) is 0 Å². The van der Waals surface area contributed by atoms with E-state index in [0.717, 1.165) is 25.7 Å². The average Bonchev–Trinajstić information content (AvgIpc) is 4.08. The smallest absolute Gasteiger partial charge is 0.105 e. The van der Waals surface area contributed by atoms with E-state index >= 15 is 0 Å². The maximum atomic E-state index is 6.10. The van der Waals surface area contributed by atoms with Crippen LogP contribution in [0.4, 0.5) is 0 Å². The highest BCUT2D eigenvalue weighted by Crippen LogP contribution is 2.44. The van der Waals surface area contributed by atoms with Crippen molar-refractivity contribution in [1.29, 1.82) is 0 Å². The fraction of sp³-hybridized carbons (Fsp3) is 0.193. The van der Waals surface area contributed by atoms with Crippen LogP contribution in [0.15, 0.2) is 156 Å². The van der Waals surface area contributed by atoms with E-state index in [1.807, 2.05) is 22.7 Å². The molecule has 0 N–H and O–H groups in total. The zero-order chi connectivity index (χ0) is 41.3. The van der Waals surface area contributed by atoms with Gasteiger partial charge in [-0.2, -0.15) is 0 Å². The van der Waals surface area contributed by atoms with Crippen molar-refractivity contribution in [1.82, 2.24) is 9.13 Å². The molecule has 0 saturated heterocycles. The first-order valence-corrected chi connectivity index (χ1v) is 23.7. The summed E-state index contributed by atoms with van der Waals surface area (Å²) in [4.78, 5) is 0. The van der Waals surface area contributed by atoms with E-state index in [9.17, 15) is 0 Å². The highest BCUT2D eigenvalue weighted by Gasteiger charge is 2.23. The lowest BCUT2D eigenvalue weighted by Crippen LogP contribution is -2.02. The number of nitrogens with zero attached hydrogens (tertiary/aromatic N) is 2. The van der Waals surface area contributed by atoms with E-state index < -0.39 is 0 Å². The molecule has 10 aromatic rings. The highest BCUT2D eigenvalue weighted by molar-refractivity contribution is 7.13. The number of aryl methyl sites for hydroxylation is 1. The Labute approximate surface area is 367 Å². The number of hydrogen-bond donors (Lipinski definition) is 0. The van der Waals surface area contributed by atoms with E-state index in [2.05, 4.69) is 185 Å². The number of fused-ring (bicyclic) bond motifs is 6. The van der Waals surface area contributed by atoms with E-state index in [-0.39, 0.29) is 0 Å². The summed E-state index contributed by atoms with van der Waals surface area (Å²) in [6, 6.07) is 53.5. The molecule has 0 amide bonds. The van der Waals surface area contributed by atoms with Crippen molar-refractivity contribution in [3.05, 3.63) is 179 Å². The molecule has 0 fully saturated rings. The molecule has 0 spiro atoms. The van der Waals surface area contributed by atoms with Gasteiger partial charge in [0.2, 0.25) is 0 Å². The normalized spacial score (nSPS) is 12.2. The van der Waals surface area contributed by atoms with Gasteiger partial charge in [0, 0.05) is 44.3 Å². The van der Waals surface area contributed by atoms with Crippen molar-refractivity contribution in [3.8, 4) is 44.6 Å². The standard InChI is InChI=1S/C57H50N2S2/c1-4-22-49-51(38-61-57(49)59-54-35-20-16-31-47(54)48-32-17-21-36-55(48)59)43-27-11-10-25-40(43)24-9-7-8-23-39(5-2)42-26-12-13-28-44(42)50-37-60-56(41(50)6-3)58-52-33-18-14-29-45(52)46-30-15-19-34-53(46)58/h1,10-21,25-39H,5-9,22-24H2,2-3H3. The van der Waals surface area contributed by atoms with Gasteiger partial charge in [-0.15, -0.1) is 35.0 Å². The van der Waals surface area contributed by atoms with Gasteiger partial charge in [0.15, 0.2) is 0 Å². The van der Waals surface area contributed by atoms with E-state index in [1.54, 1.807) is 0 Å². The van der Waals surface area contributed by atoms with Crippen LogP contribution in [-0.4, -0.2) is 9.13 Å². The predicted molar refractivity (Wildman–Crippen MR) is 265 cm³/mol. The third-order valence-electron chi connectivity index (χ3n) is 12.9. The summed E-state index contributed by atoms with van der Waals surface area (Å²) in [5.74, 6) is 3.54. The van der Waals surface area contributed by atoms with Crippen LogP contribution in [0.25, 0.3) is 75.9 Å². The molecule has 0 aliphatic rings. The number of hydrogen-bond acceptors (Lipinski definition) is 2. The zero-order valence-electron chi connectivity index (χ0n) is 35.0. The molecule has 300 valence electrons. The Bertz CT molecular complexity index is 3110. The monoisotopic (exact) mass is 826 g/mol. The minimum Gasteiger partial charge on any atom is -0.300 e. The molecule has 0 aliphatic carbocycles. The maximum Gasteiger partial charge on any atom is 0.105 e. The first kappa shape index (κ1) is 39.0. The van der Waals surface area contributed by atoms with Gasteiger partial charge >= 0.3 is 0 Å².